The van der Waals surface area contributed by atoms with E-state index in [1.54, 1.807) is 105 Å². The normalized spacial score (nSPS) is 11.1. The third-order valence-corrected chi connectivity index (χ3v) is 5.90. The zero-order valence-electron chi connectivity index (χ0n) is 22.1. The molecule has 40 heavy (non-hydrogen) atoms. The van der Waals surface area contributed by atoms with Gasteiger partial charge >= 0.3 is 0 Å². The minimum atomic E-state index is -0.517. The van der Waals surface area contributed by atoms with Crippen molar-refractivity contribution in [1.29, 1.82) is 0 Å². The summed E-state index contributed by atoms with van der Waals surface area (Å²) >= 11 is 0. The summed E-state index contributed by atoms with van der Waals surface area (Å²) in [6, 6.07) is 29.6. The molecule has 4 aromatic rings. The molecule has 0 aliphatic carbocycles. The zero-order chi connectivity index (χ0) is 28.3. The number of rotatable bonds is 10. The minimum Gasteiger partial charge on any atom is -0.497 e. The Kier molecular flexibility index (Phi) is 9.24. The highest BCUT2D eigenvalue weighted by atomic mass is 16.5. The van der Waals surface area contributed by atoms with Crippen LogP contribution in [-0.4, -0.2) is 31.8 Å². The summed E-state index contributed by atoms with van der Waals surface area (Å²) in [5.74, 6) is 0.256. The van der Waals surface area contributed by atoms with Crippen LogP contribution in [0.4, 0.5) is 5.69 Å². The molecular formula is C33H28N2O5. The smallest absolute Gasteiger partial charge is 0.272 e. The molecule has 0 aromatic heterocycles. The van der Waals surface area contributed by atoms with Gasteiger partial charge in [0.2, 0.25) is 0 Å². The Morgan fingerprint density at radius 1 is 0.675 bits per heavy atom. The molecule has 0 unspecified atom stereocenters. The van der Waals surface area contributed by atoms with Crippen molar-refractivity contribution in [2.45, 2.75) is 0 Å². The Hall–Kier alpha value is -5.43. The molecular weight excluding hydrogens is 504 g/mol. The van der Waals surface area contributed by atoms with Gasteiger partial charge in [-0.25, -0.2) is 0 Å². The van der Waals surface area contributed by atoms with E-state index in [4.69, 9.17) is 9.47 Å². The second-order valence-corrected chi connectivity index (χ2v) is 8.66. The number of ether oxygens (including phenoxy) is 2. The lowest BCUT2D eigenvalue weighted by Gasteiger charge is -2.12. The second kappa shape index (κ2) is 13.4. The molecule has 0 fully saturated rings. The van der Waals surface area contributed by atoms with E-state index < -0.39 is 11.8 Å². The van der Waals surface area contributed by atoms with Crippen LogP contribution >= 0.6 is 0 Å². The van der Waals surface area contributed by atoms with Crippen LogP contribution in [0.25, 0.3) is 12.2 Å². The average Bonchev–Trinajstić information content (AvgIpc) is 3.00. The third-order valence-electron chi connectivity index (χ3n) is 5.90. The topological polar surface area (TPSA) is 93.7 Å². The molecule has 0 spiro atoms. The van der Waals surface area contributed by atoms with E-state index in [0.29, 0.717) is 33.9 Å². The molecule has 0 radical (unpaired) electrons. The van der Waals surface area contributed by atoms with Crippen LogP contribution in [0.2, 0.25) is 0 Å². The first-order chi connectivity index (χ1) is 19.4. The van der Waals surface area contributed by atoms with E-state index in [9.17, 15) is 14.4 Å². The number of hydrogen-bond donors (Lipinski definition) is 2. The van der Waals surface area contributed by atoms with Gasteiger partial charge in [-0.05, 0) is 83.9 Å². The van der Waals surface area contributed by atoms with Crippen molar-refractivity contribution in [1.82, 2.24) is 5.32 Å². The number of benzene rings is 4. The molecule has 0 bridgehead atoms. The van der Waals surface area contributed by atoms with E-state index in [-0.39, 0.29) is 11.5 Å². The van der Waals surface area contributed by atoms with Crippen molar-refractivity contribution >= 4 is 35.4 Å². The number of allylic oxidation sites excluding steroid dienone is 1. The van der Waals surface area contributed by atoms with Gasteiger partial charge in [-0.15, -0.1) is 0 Å². The summed E-state index contributed by atoms with van der Waals surface area (Å²) in [5, 5.41) is 5.50. The molecule has 2 amide bonds. The fraction of sp³-hybridized carbons (Fsp3) is 0.0606. The van der Waals surface area contributed by atoms with Gasteiger partial charge in [-0.2, -0.15) is 0 Å². The summed E-state index contributed by atoms with van der Waals surface area (Å²) in [6.45, 7) is 0. The van der Waals surface area contributed by atoms with E-state index in [2.05, 4.69) is 10.6 Å². The van der Waals surface area contributed by atoms with E-state index in [0.717, 1.165) is 5.56 Å². The highest BCUT2D eigenvalue weighted by molar-refractivity contribution is 6.11. The van der Waals surface area contributed by atoms with Crippen molar-refractivity contribution in [3.8, 4) is 11.5 Å². The lowest BCUT2D eigenvalue weighted by atomic mass is 10.1. The van der Waals surface area contributed by atoms with Crippen LogP contribution in [0.15, 0.2) is 115 Å². The van der Waals surface area contributed by atoms with Gasteiger partial charge in [-0.3, -0.25) is 14.4 Å². The lowest BCUT2D eigenvalue weighted by Crippen LogP contribution is -2.30. The van der Waals surface area contributed by atoms with Gasteiger partial charge < -0.3 is 20.1 Å². The number of carbonyl (C=O) groups excluding carboxylic acids is 3. The van der Waals surface area contributed by atoms with Crippen LogP contribution in [0.5, 0.6) is 11.5 Å². The van der Waals surface area contributed by atoms with E-state index in [1.807, 2.05) is 24.3 Å². The van der Waals surface area contributed by atoms with Gasteiger partial charge in [-0.1, -0.05) is 48.5 Å². The Morgan fingerprint density at radius 2 is 1.38 bits per heavy atom. The first kappa shape index (κ1) is 27.6. The van der Waals surface area contributed by atoms with E-state index >= 15 is 0 Å². The Morgan fingerprint density at radius 3 is 2.05 bits per heavy atom. The SMILES string of the molecule is COc1ccc(/C=C(\NC(=O)c2ccccc2)C(=O)Nc2ccc(C(=O)/C=C/c3cccc(OC)c3)cc2)cc1. The maximum Gasteiger partial charge on any atom is 0.272 e. The number of anilines is 1. The highest BCUT2D eigenvalue weighted by Crippen LogP contribution is 2.17. The van der Waals surface area contributed by atoms with Gasteiger partial charge in [0.05, 0.1) is 14.2 Å². The molecule has 200 valence electrons. The first-order valence-corrected chi connectivity index (χ1v) is 12.4. The zero-order valence-corrected chi connectivity index (χ0v) is 22.1. The summed E-state index contributed by atoms with van der Waals surface area (Å²) in [6.07, 6.45) is 4.78. The molecule has 0 saturated heterocycles. The number of methoxy groups -OCH3 is 2. The molecule has 0 aliphatic rings. The van der Waals surface area contributed by atoms with Crippen LogP contribution in [0.1, 0.15) is 31.8 Å². The molecule has 2 N–H and O–H groups in total. The van der Waals surface area contributed by atoms with Gasteiger partial charge in [0.1, 0.15) is 17.2 Å². The predicted octanol–water partition coefficient (Wildman–Crippen LogP) is 6.01. The van der Waals surface area contributed by atoms with Crippen LogP contribution in [0.3, 0.4) is 0 Å². The fourth-order valence-corrected chi connectivity index (χ4v) is 3.74. The van der Waals surface area contributed by atoms with E-state index in [1.165, 1.54) is 6.08 Å². The molecule has 4 rings (SSSR count). The van der Waals surface area contributed by atoms with Gasteiger partial charge in [0, 0.05) is 16.8 Å². The number of nitrogens with one attached hydrogen (secondary N) is 2. The quantitative estimate of drug-likeness (QED) is 0.193. The van der Waals surface area contributed by atoms with Crippen molar-refractivity contribution in [2.75, 3.05) is 19.5 Å². The summed E-state index contributed by atoms with van der Waals surface area (Å²) in [4.78, 5) is 38.7. The maximum absolute atomic E-state index is 13.2. The number of carbonyl (C=O) groups is 3. The van der Waals surface area contributed by atoms with Gasteiger partial charge in [0.15, 0.2) is 5.78 Å². The minimum absolute atomic E-state index is 0.0559. The summed E-state index contributed by atoms with van der Waals surface area (Å²) < 4.78 is 10.4. The Balaban J connectivity index is 1.49. The van der Waals surface area contributed by atoms with Crippen molar-refractivity contribution in [3.63, 3.8) is 0 Å². The summed E-state index contributed by atoms with van der Waals surface area (Å²) in [7, 11) is 3.16. The molecule has 0 heterocycles. The average molecular weight is 533 g/mol. The molecule has 7 nitrogen and oxygen atoms in total. The molecule has 7 heteroatoms. The lowest BCUT2D eigenvalue weighted by molar-refractivity contribution is -0.113. The predicted molar refractivity (Wildman–Crippen MR) is 156 cm³/mol. The second-order valence-electron chi connectivity index (χ2n) is 8.66. The van der Waals surface area contributed by atoms with Crippen LogP contribution < -0.4 is 20.1 Å². The fourth-order valence-electron chi connectivity index (χ4n) is 3.74. The summed E-state index contributed by atoms with van der Waals surface area (Å²) in [5.41, 5.74) is 2.94. The Bertz CT molecular complexity index is 1540. The standard InChI is InChI=1S/C33H28N2O5/c1-39-28-18-11-24(12-19-28)22-30(35-32(37)26-8-4-3-5-9-26)33(38)34-27-16-14-25(15-17-27)31(36)20-13-23-7-6-10-29(21-23)40-2/h3-22H,1-2H3,(H,34,38)(H,35,37)/b20-13+,30-22-. The highest BCUT2D eigenvalue weighted by Gasteiger charge is 2.15. The largest absolute Gasteiger partial charge is 0.497 e. The van der Waals surface area contributed by atoms with Crippen LogP contribution in [0, 0.1) is 0 Å². The van der Waals surface area contributed by atoms with Crippen molar-refractivity contribution in [3.05, 3.63) is 137 Å². The van der Waals surface area contributed by atoms with Gasteiger partial charge in [0.25, 0.3) is 11.8 Å². The number of ketones is 1. The molecule has 4 aromatic carbocycles. The van der Waals surface area contributed by atoms with Crippen molar-refractivity contribution in [2.24, 2.45) is 0 Å². The maximum atomic E-state index is 13.2. The first-order valence-electron chi connectivity index (χ1n) is 12.4. The Labute approximate surface area is 232 Å². The third kappa shape index (κ3) is 7.55. The molecule has 0 saturated carbocycles. The van der Waals surface area contributed by atoms with Crippen LogP contribution in [-0.2, 0) is 4.79 Å². The van der Waals surface area contributed by atoms with Crippen molar-refractivity contribution < 1.29 is 23.9 Å². The molecule has 0 atom stereocenters. The number of amides is 2. The number of hydrogen-bond acceptors (Lipinski definition) is 5. The monoisotopic (exact) mass is 532 g/mol. The molecule has 0 aliphatic heterocycles.